The van der Waals surface area contributed by atoms with E-state index in [9.17, 15) is 22.7 Å². The molecule has 4 aromatic carbocycles. The van der Waals surface area contributed by atoms with Crippen molar-refractivity contribution in [2.24, 2.45) is 0 Å². The van der Waals surface area contributed by atoms with Gasteiger partial charge in [0.2, 0.25) is 0 Å². The third-order valence-corrected chi connectivity index (χ3v) is 8.57. The van der Waals surface area contributed by atoms with Gasteiger partial charge in [-0.2, -0.15) is 13.2 Å². The van der Waals surface area contributed by atoms with Crippen LogP contribution in [0.15, 0.2) is 95.9 Å². The quantitative estimate of drug-likeness (QED) is 0.118. The summed E-state index contributed by atoms with van der Waals surface area (Å²) in [5, 5.41) is 9.21. The van der Waals surface area contributed by atoms with Crippen LogP contribution in [0.2, 0.25) is 5.02 Å². The molecule has 0 spiro atoms. The van der Waals surface area contributed by atoms with Gasteiger partial charge in [0.15, 0.2) is 0 Å². The summed E-state index contributed by atoms with van der Waals surface area (Å²) in [6, 6.07) is 26.9. The van der Waals surface area contributed by atoms with Crippen LogP contribution in [-0.4, -0.2) is 35.5 Å². The predicted molar refractivity (Wildman–Crippen MR) is 165 cm³/mol. The second-order valence-electron chi connectivity index (χ2n) is 10.3. The molecule has 9 heteroatoms. The van der Waals surface area contributed by atoms with Crippen LogP contribution in [0.5, 0.6) is 5.75 Å². The Kier molecular flexibility index (Phi) is 11.5. The number of rotatable bonds is 13. The molecule has 4 aromatic rings. The van der Waals surface area contributed by atoms with Crippen LogP contribution in [0.3, 0.4) is 0 Å². The first-order chi connectivity index (χ1) is 20.6. The number of aliphatic hydroxyl groups excluding tert-OH is 1. The molecule has 0 aliphatic rings. The number of nitrogens with zero attached hydrogens (tertiary/aromatic N) is 1. The van der Waals surface area contributed by atoms with Crippen LogP contribution in [0, 0.1) is 5.82 Å². The molecule has 0 aromatic heterocycles. The molecule has 0 heterocycles. The fraction of sp³-hybridized carbons (Fsp3) is 0.294. The largest absolute Gasteiger partial charge is 0.491 e. The molecule has 43 heavy (non-hydrogen) atoms. The molecule has 3 nitrogen and oxygen atoms in total. The Morgan fingerprint density at radius 1 is 0.930 bits per heavy atom. The Labute approximate surface area is 259 Å². The van der Waals surface area contributed by atoms with Gasteiger partial charge in [-0.05, 0) is 48.4 Å². The number of ether oxygens (including phenoxy) is 1. The fourth-order valence-corrected chi connectivity index (χ4v) is 6.01. The first-order valence-corrected chi connectivity index (χ1v) is 15.5. The number of alkyl halides is 3. The van der Waals surface area contributed by atoms with Crippen molar-refractivity contribution in [1.82, 2.24) is 4.90 Å². The van der Waals surface area contributed by atoms with Gasteiger partial charge in [0.25, 0.3) is 0 Å². The predicted octanol–water partition coefficient (Wildman–Crippen LogP) is 9.20. The zero-order chi connectivity index (χ0) is 31.0. The molecule has 228 valence electrons. The molecule has 0 unspecified atom stereocenters. The number of halogens is 5. The van der Waals surface area contributed by atoms with Gasteiger partial charge in [0, 0.05) is 42.1 Å². The summed E-state index contributed by atoms with van der Waals surface area (Å²) in [7, 11) is 0. The average Bonchev–Trinajstić information content (AvgIpc) is 2.99. The van der Waals surface area contributed by atoms with Gasteiger partial charge in [-0.25, -0.2) is 4.39 Å². The standard InChI is InChI=1S/C34H34ClF4NO2S/c1-23(42-27-18-31(36)29(22-41)32(19-27)43-2)16-17-40(20-26-14-9-15-30(33(26)35)34(37,38)39)21-28(24-10-5-3-6-11-24)25-12-7-4-8-13-25/h3-15,18-19,23,28,41H,16-17,20-22H2,1-2H3/t23-/m0/s1. The lowest BCUT2D eigenvalue weighted by atomic mass is 9.90. The Morgan fingerprint density at radius 3 is 2.12 bits per heavy atom. The van der Waals surface area contributed by atoms with Gasteiger partial charge in [-0.3, -0.25) is 4.90 Å². The summed E-state index contributed by atoms with van der Waals surface area (Å²) < 4.78 is 61.6. The van der Waals surface area contributed by atoms with Crippen molar-refractivity contribution in [2.75, 3.05) is 19.3 Å². The second kappa shape index (κ2) is 15.1. The summed E-state index contributed by atoms with van der Waals surface area (Å²) in [5.74, 6) is -0.233. The van der Waals surface area contributed by atoms with E-state index >= 15 is 0 Å². The summed E-state index contributed by atoms with van der Waals surface area (Å²) in [4.78, 5) is 2.69. The highest BCUT2D eigenvalue weighted by Crippen LogP contribution is 2.37. The van der Waals surface area contributed by atoms with E-state index in [1.807, 2.05) is 67.6 Å². The van der Waals surface area contributed by atoms with Crippen LogP contribution in [-0.2, 0) is 19.3 Å². The average molecular weight is 632 g/mol. The number of hydrogen-bond donors (Lipinski definition) is 1. The molecule has 0 saturated heterocycles. The highest BCUT2D eigenvalue weighted by molar-refractivity contribution is 7.98. The van der Waals surface area contributed by atoms with Crippen LogP contribution < -0.4 is 4.74 Å². The van der Waals surface area contributed by atoms with Gasteiger partial charge in [-0.15, -0.1) is 11.8 Å². The summed E-state index contributed by atoms with van der Waals surface area (Å²) >= 11 is 7.64. The van der Waals surface area contributed by atoms with E-state index in [1.54, 1.807) is 18.4 Å². The minimum absolute atomic E-state index is 0.0487. The maximum Gasteiger partial charge on any atom is 0.417 e. The van der Waals surface area contributed by atoms with Gasteiger partial charge in [-0.1, -0.05) is 84.4 Å². The van der Waals surface area contributed by atoms with Crippen molar-refractivity contribution < 1.29 is 27.4 Å². The lowest BCUT2D eigenvalue weighted by molar-refractivity contribution is -0.137. The molecular formula is C34H34ClF4NO2S. The summed E-state index contributed by atoms with van der Waals surface area (Å²) in [5.41, 5.74) is 1.93. The fourth-order valence-electron chi connectivity index (χ4n) is 5.08. The molecule has 0 bridgehead atoms. The Morgan fingerprint density at radius 2 is 1.56 bits per heavy atom. The minimum atomic E-state index is -4.56. The van der Waals surface area contributed by atoms with E-state index in [1.165, 1.54) is 23.9 Å². The molecule has 1 atom stereocenters. The molecule has 0 saturated carbocycles. The lowest BCUT2D eigenvalue weighted by Gasteiger charge is -2.30. The SMILES string of the molecule is CSc1cc(O[C@@H](C)CCN(Cc2cccc(C(F)(F)F)c2Cl)CC(c2ccccc2)c2ccccc2)cc(F)c1CO. The molecule has 1 N–H and O–H groups in total. The monoisotopic (exact) mass is 631 g/mol. The van der Waals surface area contributed by atoms with E-state index in [-0.39, 0.29) is 29.2 Å². The van der Waals surface area contributed by atoms with E-state index in [2.05, 4.69) is 4.90 Å². The highest BCUT2D eigenvalue weighted by Gasteiger charge is 2.34. The minimum Gasteiger partial charge on any atom is -0.491 e. The lowest BCUT2D eigenvalue weighted by Crippen LogP contribution is -2.32. The highest BCUT2D eigenvalue weighted by atomic mass is 35.5. The molecule has 0 amide bonds. The van der Waals surface area contributed by atoms with Gasteiger partial charge in [0.1, 0.15) is 11.6 Å². The van der Waals surface area contributed by atoms with Gasteiger partial charge >= 0.3 is 6.18 Å². The van der Waals surface area contributed by atoms with Crippen LogP contribution >= 0.6 is 23.4 Å². The Balaban J connectivity index is 1.60. The summed E-state index contributed by atoms with van der Waals surface area (Å²) in [6.07, 6.45) is -2.58. The zero-order valence-electron chi connectivity index (χ0n) is 24.0. The Hall–Kier alpha value is -3.04. The molecule has 0 fully saturated rings. The number of aliphatic hydroxyl groups is 1. The van der Waals surface area contributed by atoms with E-state index in [0.717, 1.165) is 17.2 Å². The van der Waals surface area contributed by atoms with Gasteiger partial charge < -0.3 is 9.84 Å². The maximum absolute atomic E-state index is 14.6. The zero-order valence-corrected chi connectivity index (χ0v) is 25.5. The molecular weight excluding hydrogens is 598 g/mol. The first-order valence-electron chi connectivity index (χ1n) is 13.9. The van der Waals surface area contributed by atoms with E-state index in [4.69, 9.17) is 16.3 Å². The number of benzene rings is 4. The molecule has 0 aliphatic heterocycles. The molecule has 0 aliphatic carbocycles. The van der Waals surface area contributed by atoms with E-state index in [0.29, 0.717) is 35.7 Å². The number of hydrogen-bond acceptors (Lipinski definition) is 4. The third kappa shape index (κ3) is 8.76. The molecule has 0 radical (unpaired) electrons. The maximum atomic E-state index is 14.6. The first kappa shape index (κ1) is 32.9. The van der Waals surface area contributed by atoms with Crippen LogP contribution in [0.4, 0.5) is 17.6 Å². The van der Waals surface area contributed by atoms with Crippen molar-refractivity contribution in [2.45, 2.75) is 49.6 Å². The topological polar surface area (TPSA) is 32.7 Å². The summed E-state index contributed by atoms with van der Waals surface area (Å²) in [6.45, 7) is 2.66. The normalized spacial score (nSPS) is 12.6. The smallest absolute Gasteiger partial charge is 0.417 e. The Bertz CT molecular complexity index is 1430. The third-order valence-electron chi connectivity index (χ3n) is 7.32. The second-order valence-corrected chi connectivity index (χ2v) is 11.6. The van der Waals surface area contributed by atoms with Crippen molar-refractivity contribution >= 4 is 23.4 Å². The molecule has 4 rings (SSSR count). The van der Waals surface area contributed by atoms with Crippen LogP contribution in [0.25, 0.3) is 0 Å². The van der Waals surface area contributed by atoms with Crippen LogP contribution in [0.1, 0.15) is 47.1 Å². The number of thioether (sulfide) groups is 1. The van der Waals surface area contributed by atoms with E-state index < -0.39 is 24.2 Å². The van der Waals surface area contributed by atoms with Crippen molar-refractivity contribution in [1.29, 1.82) is 0 Å². The van der Waals surface area contributed by atoms with Crippen molar-refractivity contribution in [3.05, 3.63) is 130 Å². The van der Waals surface area contributed by atoms with Crippen molar-refractivity contribution in [3.63, 3.8) is 0 Å². The van der Waals surface area contributed by atoms with Crippen molar-refractivity contribution in [3.8, 4) is 5.75 Å². The van der Waals surface area contributed by atoms with Gasteiger partial charge in [0.05, 0.1) is 23.3 Å².